The van der Waals surface area contributed by atoms with Gasteiger partial charge in [0.1, 0.15) is 23.3 Å². The van der Waals surface area contributed by atoms with E-state index >= 15 is 0 Å². The summed E-state index contributed by atoms with van der Waals surface area (Å²) in [6, 6.07) is 8.46. The number of aromatic nitrogens is 2. The average Bonchev–Trinajstić information content (AvgIpc) is 3.17. The highest BCUT2D eigenvalue weighted by Crippen LogP contribution is 2.29. The molecular weight excluding hydrogens is 322 g/mol. The third-order valence-electron chi connectivity index (χ3n) is 3.81. The van der Waals surface area contributed by atoms with Crippen molar-refractivity contribution in [1.29, 1.82) is 0 Å². The van der Waals surface area contributed by atoms with Crippen LogP contribution in [-0.4, -0.2) is 23.2 Å². The monoisotopic (exact) mass is 341 g/mol. The van der Waals surface area contributed by atoms with E-state index in [1.807, 2.05) is 24.3 Å². The topological polar surface area (TPSA) is 90.4 Å². The van der Waals surface area contributed by atoms with Gasteiger partial charge in [0, 0.05) is 12.5 Å². The number of hydrogen-bond donors (Lipinski definition) is 1. The van der Waals surface area contributed by atoms with E-state index in [-0.39, 0.29) is 5.91 Å². The average molecular weight is 341 g/mol. The molecule has 0 bridgehead atoms. The maximum Gasteiger partial charge on any atom is 0.255 e. The first-order valence-corrected chi connectivity index (χ1v) is 7.80. The molecular formula is C18H19N3O4. The normalized spacial score (nSPS) is 12.0. The molecule has 0 aliphatic carbocycles. The van der Waals surface area contributed by atoms with E-state index in [0.717, 1.165) is 5.56 Å². The number of para-hydroxylation sites is 1. The van der Waals surface area contributed by atoms with Crippen LogP contribution in [0, 0.1) is 20.8 Å². The van der Waals surface area contributed by atoms with Gasteiger partial charge in [-0.1, -0.05) is 23.4 Å². The largest absolute Gasteiger partial charge is 0.496 e. The molecule has 25 heavy (non-hydrogen) atoms. The van der Waals surface area contributed by atoms with Gasteiger partial charge in [0.05, 0.1) is 12.7 Å². The number of aryl methyl sites for hydroxylation is 3. The van der Waals surface area contributed by atoms with Crippen LogP contribution in [0.3, 0.4) is 0 Å². The second kappa shape index (κ2) is 6.80. The lowest BCUT2D eigenvalue weighted by Gasteiger charge is -2.18. The second-order valence-electron chi connectivity index (χ2n) is 5.65. The van der Waals surface area contributed by atoms with Crippen LogP contribution >= 0.6 is 0 Å². The van der Waals surface area contributed by atoms with Crippen molar-refractivity contribution in [3.05, 3.63) is 64.7 Å². The van der Waals surface area contributed by atoms with Gasteiger partial charge in [-0.3, -0.25) is 4.79 Å². The van der Waals surface area contributed by atoms with Crippen LogP contribution in [0.15, 0.2) is 39.3 Å². The van der Waals surface area contributed by atoms with Gasteiger partial charge in [-0.25, -0.2) is 0 Å². The third-order valence-corrected chi connectivity index (χ3v) is 3.81. The predicted octanol–water partition coefficient (Wildman–Crippen LogP) is 3.12. The van der Waals surface area contributed by atoms with Gasteiger partial charge >= 0.3 is 0 Å². The Bertz CT molecular complexity index is 897. The van der Waals surface area contributed by atoms with Crippen molar-refractivity contribution < 1.29 is 18.5 Å². The number of hydrogen-bond acceptors (Lipinski definition) is 6. The number of carbonyl (C=O) groups excluding carboxylic acids is 1. The first kappa shape index (κ1) is 16.8. The quantitative estimate of drug-likeness (QED) is 0.767. The standard InChI is InChI=1S/C18H19N3O4/c1-10-9-14(11(2)24-10)18(22)20-16(17-19-12(3)25-21-17)13-7-5-6-8-15(13)23-4/h5-9,16H,1-4H3,(H,20,22). The lowest BCUT2D eigenvalue weighted by Crippen LogP contribution is -2.30. The number of ether oxygens (including phenoxy) is 1. The zero-order valence-corrected chi connectivity index (χ0v) is 14.5. The van der Waals surface area contributed by atoms with E-state index in [2.05, 4.69) is 15.5 Å². The minimum absolute atomic E-state index is 0.285. The minimum Gasteiger partial charge on any atom is -0.496 e. The van der Waals surface area contributed by atoms with Gasteiger partial charge in [-0.05, 0) is 26.0 Å². The van der Waals surface area contributed by atoms with E-state index in [1.165, 1.54) is 0 Å². The number of benzene rings is 1. The number of carbonyl (C=O) groups is 1. The molecule has 0 radical (unpaired) electrons. The zero-order valence-electron chi connectivity index (χ0n) is 14.5. The first-order chi connectivity index (χ1) is 12.0. The van der Waals surface area contributed by atoms with Crippen LogP contribution in [-0.2, 0) is 0 Å². The molecule has 2 aromatic heterocycles. The van der Waals surface area contributed by atoms with E-state index in [4.69, 9.17) is 13.7 Å². The van der Waals surface area contributed by atoms with Crippen molar-refractivity contribution >= 4 is 5.91 Å². The Kier molecular flexibility index (Phi) is 4.56. The van der Waals surface area contributed by atoms with E-state index in [9.17, 15) is 4.79 Å². The summed E-state index contributed by atoms with van der Waals surface area (Å²) in [5, 5.41) is 6.91. The molecule has 7 nitrogen and oxygen atoms in total. The Morgan fingerprint density at radius 3 is 2.60 bits per heavy atom. The highest BCUT2D eigenvalue weighted by Gasteiger charge is 2.26. The smallest absolute Gasteiger partial charge is 0.255 e. The van der Waals surface area contributed by atoms with Crippen LogP contribution < -0.4 is 10.1 Å². The Labute approximate surface area is 145 Å². The third kappa shape index (κ3) is 3.40. The van der Waals surface area contributed by atoms with Gasteiger partial charge in [0.2, 0.25) is 5.89 Å². The van der Waals surface area contributed by atoms with Crippen LogP contribution in [0.2, 0.25) is 0 Å². The molecule has 2 heterocycles. The van der Waals surface area contributed by atoms with Crippen molar-refractivity contribution in [2.24, 2.45) is 0 Å². The molecule has 130 valence electrons. The van der Waals surface area contributed by atoms with E-state index < -0.39 is 6.04 Å². The van der Waals surface area contributed by atoms with Crippen molar-refractivity contribution in [2.45, 2.75) is 26.8 Å². The number of rotatable bonds is 5. The fourth-order valence-electron chi connectivity index (χ4n) is 2.68. The van der Waals surface area contributed by atoms with Crippen LogP contribution in [0.25, 0.3) is 0 Å². The van der Waals surface area contributed by atoms with Crippen LogP contribution in [0.5, 0.6) is 5.75 Å². The Hall–Kier alpha value is -3.09. The molecule has 1 atom stereocenters. The molecule has 7 heteroatoms. The Morgan fingerprint density at radius 1 is 1.24 bits per heavy atom. The fourth-order valence-corrected chi connectivity index (χ4v) is 2.68. The fraction of sp³-hybridized carbons (Fsp3) is 0.278. The second-order valence-corrected chi connectivity index (χ2v) is 5.65. The van der Waals surface area contributed by atoms with Gasteiger partial charge in [-0.2, -0.15) is 4.98 Å². The van der Waals surface area contributed by atoms with Gasteiger partial charge in [-0.15, -0.1) is 0 Å². The summed E-state index contributed by atoms with van der Waals surface area (Å²) >= 11 is 0. The molecule has 0 fully saturated rings. The number of nitrogens with one attached hydrogen (secondary N) is 1. The van der Waals surface area contributed by atoms with E-state index in [0.29, 0.717) is 34.5 Å². The lowest BCUT2D eigenvalue weighted by molar-refractivity contribution is 0.0939. The first-order valence-electron chi connectivity index (χ1n) is 7.80. The molecule has 3 rings (SSSR count). The zero-order chi connectivity index (χ0) is 18.0. The number of amides is 1. The van der Waals surface area contributed by atoms with Crippen LogP contribution in [0.4, 0.5) is 0 Å². The summed E-state index contributed by atoms with van der Waals surface area (Å²) in [6.07, 6.45) is 0. The molecule has 0 aliphatic rings. The van der Waals surface area contributed by atoms with Gasteiger partial charge in [0.25, 0.3) is 5.91 Å². The molecule has 0 saturated carbocycles. The molecule has 0 saturated heterocycles. The molecule has 1 unspecified atom stereocenters. The van der Waals surface area contributed by atoms with E-state index in [1.54, 1.807) is 33.9 Å². The van der Waals surface area contributed by atoms with Crippen molar-refractivity contribution in [3.63, 3.8) is 0 Å². The molecule has 1 N–H and O–H groups in total. The highest BCUT2D eigenvalue weighted by molar-refractivity contribution is 5.95. The summed E-state index contributed by atoms with van der Waals surface area (Å²) in [5.74, 6) is 2.33. The molecule has 1 amide bonds. The molecule has 0 aliphatic heterocycles. The minimum atomic E-state index is -0.615. The maximum absolute atomic E-state index is 12.7. The summed E-state index contributed by atoms with van der Waals surface area (Å²) < 4.78 is 15.9. The Balaban J connectivity index is 2.00. The predicted molar refractivity (Wildman–Crippen MR) is 89.5 cm³/mol. The number of methoxy groups -OCH3 is 1. The summed E-state index contributed by atoms with van der Waals surface area (Å²) in [6.45, 7) is 5.24. The SMILES string of the molecule is COc1ccccc1C(NC(=O)c1cc(C)oc1C)c1noc(C)n1. The summed E-state index contributed by atoms with van der Waals surface area (Å²) in [5.41, 5.74) is 1.20. The molecule has 1 aromatic carbocycles. The molecule has 3 aromatic rings. The highest BCUT2D eigenvalue weighted by atomic mass is 16.5. The number of nitrogens with zero attached hydrogens (tertiary/aromatic N) is 2. The van der Waals surface area contributed by atoms with Crippen molar-refractivity contribution in [2.75, 3.05) is 7.11 Å². The van der Waals surface area contributed by atoms with Crippen molar-refractivity contribution in [3.8, 4) is 5.75 Å². The molecule has 0 spiro atoms. The summed E-state index contributed by atoms with van der Waals surface area (Å²) in [4.78, 5) is 17.0. The van der Waals surface area contributed by atoms with Gasteiger partial charge < -0.3 is 19.0 Å². The summed E-state index contributed by atoms with van der Waals surface area (Å²) in [7, 11) is 1.57. The maximum atomic E-state index is 12.7. The van der Waals surface area contributed by atoms with Gasteiger partial charge in [0.15, 0.2) is 5.82 Å². The number of furan rings is 1. The van der Waals surface area contributed by atoms with Crippen molar-refractivity contribution in [1.82, 2.24) is 15.5 Å². The lowest BCUT2D eigenvalue weighted by atomic mass is 10.0. The Morgan fingerprint density at radius 2 is 2.00 bits per heavy atom. The van der Waals surface area contributed by atoms with Crippen LogP contribution in [0.1, 0.15) is 45.2 Å².